The zero-order valence-electron chi connectivity index (χ0n) is 13.6. The zero-order chi connectivity index (χ0) is 16.6. The monoisotopic (exact) mass is 351 g/mol. The Hall–Kier alpha value is -2.44. The molecule has 126 valence electrons. The Balaban J connectivity index is 1.40. The van der Waals surface area contributed by atoms with E-state index in [0.29, 0.717) is 5.19 Å². The highest BCUT2D eigenvalue weighted by molar-refractivity contribution is 7.20. The van der Waals surface area contributed by atoms with Crippen molar-refractivity contribution in [1.82, 2.24) is 14.9 Å². The molecule has 5 nitrogen and oxygen atoms in total. The largest absolute Gasteiger partial charge is 0.464 e. The van der Waals surface area contributed by atoms with Crippen LogP contribution in [0.25, 0.3) is 21.3 Å². The third kappa shape index (κ3) is 2.88. The van der Waals surface area contributed by atoms with E-state index in [0.717, 1.165) is 33.6 Å². The van der Waals surface area contributed by atoms with Gasteiger partial charge in [-0.2, -0.15) is 4.98 Å². The summed E-state index contributed by atoms with van der Waals surface area (Å²) in [6.45, 7) is 3.32. The van der Waals surface area contributed by atoms with Crippen LogP contribution in [0.4, 0.5) is 0 Å². The van der Waals surface area contributed by atoms with Crippen LogP contribution in [0.15, 0.2) is 47.2 Å². The van der Waals surface area contributed by atoms with E-state index < -0.39 is 0 Å². The van der Waals surface area contributed by atoms with Crippen LogP contribution >= 0.6 is 11.3 Å². The maximum absolute atomic E-state index is 5.91. The molecule has 1 fully saturated rings. The highest BCUT2D eigenvalue weighted by atomic mass is 32.1. The Kier molecular flexibility index (Phi) is 3.64. The van der Waals surface area contributed by atoms with Gasteiger partial charge in [0.1, 0.15) is 11.3 Å². The molecular formula is C19H17N3O2S. The SMILES string of the molecule is c1cnc2nc(Oc3ccc4c(CN5CCCC5)coc4c3)sc2c1. The van der Waals surface area contributed by atoms with Crippen LogP contribution in [-0.4, -0.2) is 28.0 Å². The van der Waals surface area contributed by atoms with Gasteiger partial charge < -0.3 is 9.15 Å². The summed E-state index contributed by atoms with van der Waals surface area (Å²) >= 11 is 1.49. The maximum Gasteiger partial charge on any atom is 0.281 e. The van der Waals surface area contributed by atoms with Gasteiger partial charge in [0.2, 0.25) is 0 Å². The molecule has 0 atom stereocenters. The van der Waals surface area contributed by atoms with Crippen molar-refractivity contribution in [2.75, 3.05) is 13.1 Å². The number of aromatic nitrogens is 2. The molecule has 4 aromatic rings. The summed E-state index contributed by atoms with van der Waals surface area (Å²) in [5, 5.41) is 1.75. The average Bonchev–Trinajstić information content (AvgIpc) is 3.35. The highest BCUT2D eigenvalue weighted by Gasteiger charge is 2.15. The van der Waals surface area contributed by atoms with E-state index >= 15 is 0 Å². The van der Waals surface area contributed by atoms with Crippen molar-refractivity contribution in [3.8, 4) is 10.9 Å². The minimum Gasteiger partial charge on any atom is -0.464 e. The first-order chi connectivity index (χ1) is 12.3. The summed E-state index contributed by atoms with van der Waals surface area (Å²) in [6.07, 6.45) is 6.20. The fourth-order valence-electron chi connectivity index (χ4n) is 3.32. The molecule has 1 aromatic carbocycles. The molecule has 6 heteroatoms. The average molecular weight is 351 g/mol. The van der Waals surface area contributed by atoms with Crippen LogP contribution in [-0.2, 0) is 6.54 Å². The van der Waals surface area contributed by atoms with Gasteiger partial charge in [-0.1, -0.05) is 11.3 Å². The first-order valence-corrected chi connectivity index (χ1v) is 9.29. The molecule has 5 rings (SSSR count). The molecule has 1 aliphatic rings. The number of thiazole rings is 1. The van der Waals surface area contributed by atoms with E-state index in [-0.39, 0.29) is 0 Å². The number of likely N-dealkylation sites (tertiary alicyclic amines) is 1. The fraction of sp³-hybridized carbons (Fsp3) is 0.263. The Morgan fingerprint density at radius 3 is 3.00 bits per heavy atom. The van der Waals surface area contributed by atoms with Gasteiger partial charge in [-0.3, -0.25) is 4.90 Å². The first-order valence-electron chi connectivity index (χ1n) is 8.47. The topological polar surface area (TPSA) is 51.4 Å². The van der Waals surface area contributed by atoms with Gasteiger partial charge in [0, 0.05) is 29.8 Å². The number of ether oxygens (including phenoxy) is 1. The van der Waals surface area contributed by atoms with Crippen LogP contribution in [0.3, 0.4) is 0 Å². The van der Waals surface area contributed by atoms with Crippen LogP contribution in [0.1, 0.15) is 18.4 Å². The Bertz CT molecular complexity index is 1000. The van der Waals surface area contributed by atoms with Crippen LogP contribution in [0.2, 0.25) is 0 Å². The summed E-state index contributed by atoms with van der Waals surface area (Å²) < 4.78 is 12.7. The van der Waals surface area contributed by atoms with Crippen molar-refractivity contribution in [2.45, 2.75) is 19.4 Å². The molecule has 0 radical (unpaired) electrons. The number of rotatable bonds is 4. The van der Waals surface area contributed by atoms with Gasteiger partial charge in [0.25, 0.3) is 5.19 Å². The van der Waals surface area contributed by atoms with Crippen molar-refractivity contribution >= 4 is 32.7 Å². The molecule has 0 spiro atoms. The van der Waals surface area contributed by atoms with Gasteiger partial charge in [-0.25, -0.2) is 4.98 Å². The zero-order valence-corrected chi connectivity index (χ0v) is 14.5. The van der Waals surface area contributed by atoms with Crippen molar-refractivity contribution in [3.05, 3.63) is 48.4 Å². The summed E-state index contributed by atoms with van der Waals surface area (Å²) in [4.78, 5) is 11.1. The minimum absolute atomic E-state index is 0.594. The van der Waals surface area contributed by atoms with E-state index in [2.05, 4.69) is 20.9 Å². The first kappa shape index (κ1) is 14.9. The van der Waals surface area contributed by atoms with Gasteiger partial charge in [0.05, 0.1) is 11.0 Å². The lowest BCUT2D eigenvalue weighted by Gasteiger charge is -2.12. The van der Waals surface area contributed by atoms with E-state index in [9.17, 15) is 0 Å². The lowest BCUT2D eigenvalue weighted by Crippen LogP contribution is -2.17. The number of fused-ring (bicyclic) bond motifs is 2. The molecule has 0 saturated carbocycles. The Morgan fingerprint density at radius 1 is 1.20 bits per heavy atom. The minimum atomic E-state index is 0.594. The molecule has 3 aromatic heterocycles. The molecule has 0 aliphatic carbocycles. The van der Waals surface area contributed by atoms with E-state index in [4.69, 9.17) is 9.15 Å². The number of nitrogens with zero attached hydrogens (tertiary/aromatic N) is 3. The van der Waals surface area contributed by atoms with Gasteiger partial charge in [-0.15, -0.1) is 0 Å². The van der Waals surface area contributed by atoms with Crippen LogP contribution < -0.4 is 4.74 Å². The third-order valence-corrected chi connectivity index (χ3v) is 5.46. The van der Waals surface area contributed by atoms with Crippen molar-refractivity contribution in [3.63, 3.8) is 0 Å². The molecule has 0 amide bonds. The summed E-state index contributed by atoms with van der Waals surface area (Å²) in [7, 11) is 0. The second-order valence-electron chi connectivity index (χ2n) is 6.31. The van der Waals surface area contributed by atoms with Crippen LogP contribution in [0.5, 0.6) is 10.9 Å². The van der Waals surface area contributed by atoms with Gasteiger partial charge >= 0.3 is 0 Å². The molecule has 25 heavy (non-hydrogen) atoms. The third-order valence-electron chi connectivity index (χ3n) is 4.57. The Labute approximate surface area is 148 Å². The Morgan fingerprint density at radius 2 is 2.12 bits per heavy atom. The number of pyridine rings is 1. The van der Waals surface area contributed by atoms with Crippen molar-refractivity contribution in [1.29, 1.82) is 0 Å². The van der Waals surface area contributed by atoms with Gasteiger partial charge in [-0.05, 0) is 50.2 Å². The predicted molar refractivity (Wildman–Crippen MR) is 98.2 cm³/mol. The second-order valence-corrected chi connectivity index (χ2v) is 7.30. The fourth-order valence-corrected chi connectivity index (χ4v) is 4.12. The number of furan rings is 1. The molecule has 1 aliphatic heterocycles. The van der Waals surface area contributed by atoms with Crippen LogP contribution in [0, 0.1) is 0 Å². The molecule has 1 saturated heterocycles. The number of benzene rings is 1. The quantitative estimate of drug-likeness (QED) is 0.527. The second kappa shape index (κ2) is 6.13. The summed E-state index contributed by atoms with van der Waals surface area (Å²) in [5.74, 6) is 0.730. The molecule has 0 N–H and O–H groups in total. The molecular weight excluding hydrogens is 334 g/mol. The predicted octanol–water partition coefficient (Wildman–Crippen LogP) is 4.83. The lowest BCUT2D eigenvalue weighted by molar-refractivity contribution is 0.331. The lowest BCUT2D eigenvalue weighted by atomic mass is 10.1. The van der Waals surface area contributed by atoms with Crippen molar-refractivity contribution < 1.29 is 9.15 Å². The van der Waals surface area contributed by atoms with Gasteiger partial charge in [0.15, 0.2) is 5.65 Å². The molecule has 0 bridgehead atoms. The van der Waals surface area contributed by atoms with E-state index in [1.807, 2.05) is 30.5 Å². The standard InChI is InChI=1S/C19H17N3O2S/c1-2-9-22(8-1)11-13-12-23-16-10-14(5-6-15(13)16)24-19-21-18-17(25-19)4-3-7-20-18/h3-7,10,12H,1-2,8-9,11H2. The van der Waals surface area contributed by atoms with E-state index in [1.54, 1.807) is 6.20 Å². The summed E-state index contributed by atoms with van der Waals surface area (Å²) in [5.41, 5.74) is 2.81. The molecule has 4 heterocycles. The summed E-state index contributed by atoms with van der Waals surface area (Å²) in [6, 6.07) is 9.88. The number of hydrogen-bond acceptors (Lipinski definition) is 6. The molecule has 0 unspecified atom stereocenters. The highest BCUT2D eigenvalue weighted by Crippen LogP contribution is 2.33. The maximum atomic E-state index is 5.91. The smallest absolute Gasteiger partial charge is 0.281 e. The normalized spacial score (nSPS) is 15.4. The van der Waals surface area contributed by atoms with E-state index in [1.165, 1.54) is 42.8 Å². The number of hydrogen-bond donors (Lipinski definition) is 0. The van der Waals surface area contributed by atoms with Crippen molar-refractivity contribution in [2.24, 2.45) is 0 Å².